The maximum Gasteiger partial charge on any atom is 0.222 e. The van der Waals surface area contributed by atoms with Crippen molar-refractivity contribution in [1.82, 2.24) is 9.80 Å². The molecule has 2 aliphatic heterocycles. The molecular weight excluding hydrogens is 262 g/mol. The van der Waals surface area contributed by atoms with Crippen molar-refractivity contribution >= 4 is 5.91 Å². The average molecular weight is 293 g/mol. The van der Waals surface area contributed by atoms with Gasteiger partial charge in [0.05, 0.1) is 0 Å². The Hall–Kier alpha value is -0.610. The Morgan fingerprint density at radius 1 is 0.952 bits per heavy atom. The van der Waals surface area contributed by atoms with Crippen LogP contribution in [0.4, 0.5) is 0 Å². The maximum absolute atomic E-state index is 11.8. The third-order valence-corrected chi connectivity index (χ3v) is 5.66. The largest absolute Gasteiger partial charge is 0.342 e. The summed E-state index contributed by atoms with van der Waals surface area (Å²) >= 11 is 0. The third kappa shape index (κ3) is 4.19. The third-order valence-electron chi connectivity index (χ3n) is 5.66. The van der Waals surface area contributed by atoms with Gasteiger partial charge in [-0.3, -0.25) is 4.79 Å². The number of carbonyl (C=O) groups excluding carboxylic acids is 1. The molecule has 0 unspecified atom stereocenters. The van der Waals surface area contributed by atoms with E-state index in [1.54, 1.807) is 0 Å². The molecule has 1 aliphatic carbocycles. The van der Waals surface area contributed by atoms with Crippen molar-refractivity contribution < 1.29 is 4.79 Å². The van der Waals surface area contributed by atoms with Gasteiger partial charge in [0.2, 0.25) is 5.91 Å². The lowest BCUT2D eigenvalue weighted by atomic mass is 9.85. The van der Waals surface area contributed by atoms with E-state index in [0.29, 0.717) is 17.9 Å². The minimum Gasteiger partial charge on any atom is -0.342 e. The van der Waals surface area contributed by atoms with E-state index in [9.17, 15) is 4.79 Å². The summed E-state index contributed by atoms with van der Waals surface area (Å²) in [6.07, 6.45) is 9.50. The van der Waals surface area contributed by atoms with Crippen LogP contribution in [0, 0.1) is 11.8 Å². The summed E-state index contributed by atoms with van der Waals surface area (Å²) in [6.45, 7) is 5.72. The van der Waals surface area contributed by atoms with Crippen LogP contribution in [0.1, 0.15) is 51.4 Å². The van der Waals surface area contributed by atoms with Crippen molar-refractivity contribution in [3.63, 3.8) is 0 Å². The Bertz CT molecular complexity index is 352. The zero-order valence-electron chi connectivity index (χ0n) is 13.3. The SMILES string of the molecule is NC1CCC(CN2CCC[C@H](CN3CCCC3=O)C2)CC1. The number of hydrogen-bond acceptors (Lipinski definition) is 3. The lowest BCUT2D eigenvalue weighted by molar-refractivity contribution is -0.128. The van der Waals surface area contributed by atoms with Gasteiger partial charge in [0, 0.05) is 38.6 Å². The fourth-order valence-corrected chi connectivity index (χ4v) is 4.41. The molecule has 3 fully saturated rings. The summed E-state index contributed by atoms with van der Waals surface area (Å²) in [5.74, 6) is 1.94. The van der Waals surface area contributed by atoms with Crippen LogP contribution in [0.15, 0.2) is 0 Å². The van der Waals surface area contributed by atoms with Crippen LogP contribution in [0.3, 0.4) is 0 Å². The van der Waals surface area contributed by atoms with E-state index in [-0.39, 0.29) is 0 Å². The maximum atomic E-state index is 11.8. The van der Waals surface area contributed by atoms with Crippen LogP contribution in [-0.2, 0) is 4.79 Å². The molecule has 1 amide bonds. The molecule has 2 N–H and O–H groups in total. The molecule has 0 radical (unpaired) electrons. The predicted octanol–water partition coefficient (Wildman–Crippen LogP) is 1.84. The van der Waals surface area contributed by atoms with E-state index in [1.807, 2.05) is 0 Å². The Balaban J connectivity index is 1.43. The lowest BCUT2D eigenvalue weighted by Gasteiger charge is -2.37. The molecular formula is C17H31N3O. The van der Waals surface area contributed by atoms with Gasteiger partial charge in [-0.15, -0.1) is 0 Å². The van der Waals surface area contributed by atoms with Gasteiger partial charge in [-0.1, -0.05) is 0 Å². The molecule has 1 atom stereocenters. The smallest absolute Gasteiger partial charge is 0.222 e. The van der Waals surface area contributed by atoms with E-state index in [0.717, 1.165) is 31.8 Å². The number of carbonyl (C=O) groups is 1. The van der Waals surface area contributed by atoms with Gasteiger partial charge in [-0.25, -0.2) is 0 Å². The summed E-state index contributed by atoms with van der Waals surface area (Å²) in [4.78, 5) is 16.5. The fraction of sp³-hybridized carbons (Fsp3) is 0.941. The molecule has 0 bridgehead atoms. The molecule has 1 saturated carbocycles. The summed E-state index contributed by atoms with van der Waals surface area (Å²) in [7, 11) is 0. The molecule has 2 saturated heterocycles. The van der Waals surface area contributed by atoms with E-state index < -0.39 is 0 Å². The molecule has 3 rings (SSSR count). The van der Waals surface area contributed by atoms with Crippen LogP contribution in [-0.4, -0.2) is 54.5 Å². The monoisotopic (exact) mass is 293 g/mol. The van der Waals surface area contributed by atoms with Gasteiger partial charge in [0.15, 0.2) is 0 Å². The van der Waals surface area contributed by atoms with E-state index >= 15 is 0 Å². The highest BCUT2D eigenvalue weighted by Crippen LogP contribution is 2.26. The van der Waals surface area contributed by atoms with Crippen LogP contribution in [0.5, 0.6) is 0 Å². The molecule has 2 heterocycles. The number of nitrogens with zero attached hydrogens (tertiary/aromatic N) is 2. The second-order valence-electron chi connectivity index (χ2n) is 7.49. The zero-order valence-corrected chi connectivity index (χ0v) is 13.3. The molecule has 0 aromatic carbocycles. The second kappa shape index (κ2) is 7.10. The number of nitrogens with two attached hydrogens (primary N) is 1. The van der Waals surface area contributed by atoms with E-state index in [2.05, 4.69) is 9.80 Å². The molecule has 0 aromatic heterocycles. The van der Waals surface area contributed by atoms with Gasteiger partial charge < -0.3 is 15.5 Å². The zero-order chi connectivity index (χ0) is 14.7. The first-order valence-electron chi connectivity index (χ1n) is 8.96. The van der Waals surface area contributed by atoms with Crippen LogP contribution in [0.25, 0.3) is 0 Å². The number of hydrogen-bond donors (Lipinski definition) is 1. The minimum atomic E-state index is 0.383. The van der Waals surface area contributed by atoms with Gasteiger partial charge in [-0.05, 0) is 63.3 Å². The highest BCUT2D eigenvalue weighted by Gasteiger charge is 2.28. The topological polar surface area (TPSA) is 49.6 Å². The number of piperidine rings is 1. The summed E-state index contributed by atoms with van der Waals surface area (Å²) in [5.41, 5.74) is 6.01. The Morgan fingerprint density at radius 2 is 1.76 bits per heavy atom. The average Bonchev–Trinajstić information content (AvgIpc) is 2.87. The molecule has 21 heavy (non-hydrogen) atoms. The van der Waals surface area contributed by atoms with Gasteiger partial charge >= 0.3 is 0 Å². The number of rotatable bonds is 4. The van der Waals surface area contributed by atoms with Crippen molar-refractivity contribution in [2.45, 2.75) is 57.4 Å². The lowest BCUT2D eigenvalue weighted by Crippen LogP contribution is -2.43. The number of likely N-dealkylation sites (tertiary alicyclic amines) is 2. The summed E-state index contributed by atoms with van der Waals surface area (Å²) in [6, 6.07) is 0.455. The molecule has 4 heteroatoms. The summed E-state index contributed by atoms with van der Waals surface area (Å²) in [5, 5.41) is 0. The second-order valence-corrected chi connectivity index (χ2v) is 7.49. The fourth-order valence-electron chi connectivity index (χ4n) is 4.41. The van der Waals surface area contributed by atoms with Gasteiger partial charge in [0.1, 0.15) is 0 Å². The predicted molar refractivity (Wildman–Crippen MR) is 84.9 cm³/mol. The minimum absolute atomic E-state index is 0.383. The first-order valence-corrected chi connectivity index (χ1v) is 8.96. The van der Waals surface area contributed by atoms with Crippen LogP contribution in [0.2, 0.25) is 0 Å². The first kappa shape index (κ1) is 15.3. The Morgan fingerprint density at radius 3 is 2.48 bits per heavy atom. The van der Waals surface area contributed by atoms with Crippen molar-refractivity contribution in [2.24, 2.45) is 17.6 Å². The van der Waals surface area contributed by atoms with Crippen LogP contribution >= 0.6 is 0 Å². The van der Waals surface area contributed by atoms with Crippen molar-refractivity contribution in [3.05, 3.63) is 0 Å². The molecule has 120 valence electrons. The highest BCUT2D eigenvalue weighted by atomic mass is 16.2. The first-order chi connectivity index (χ1) is 10.2. The molecule has 4 nitrogen and oxygen atoms in total. The standard InChI is InChI=1S/C17H31N3O/c18-16-7-5-14(6-8-16)11-19-9-1-3-15(12-19)13-20-10-2-4-17(20)21/h14-16H,1-13,18H2/t14?,15-,16?/m0/s1. The van der Waals surface area contributed by atoms with Gasteiger partial charge in [0.25, 0.3) is 0 Å². The van der Waals surface area contributed by atoms with Crippen LogP contribution < -0.4 is 5.73 Å². The summed E-state index contributed by atoms with van der Waals surface area (Å²) < 4.78 is 0. The Kier molecular flexibility index (Phi) is 5.17. The highest BCUT2D eigenvalue weighted by molar-refractivity contribution is 5.78. The quantitative estimate of drug-likeness (QED) is 0.860. The van der Waals surface area contributed by atoms with E-state index in [1.165, 1.54) is 58.2 Å². The van der Waals surface area contributed by atoms with Gasteiger partial charge in [-0.2, -0.15) is 0 Å². The van der Waals surface area contributed by atoms with E-state index in [4.69, 9.17) is 5.73 Å². The van der Waals surface area contributed by atoms with Crippen molar-refractivity contribution in [2.75, 3.05) is 32.7 Å². The Labute approximate surface area is 129 Å². The molecule has 0 spiro atoms. The molecule has 0 aromatic rings. The normalized spacial score (nSPS) is 35.4. The van der Waals surface area contributed by atoms with Crippen molar-refractivity contribution in [1.29, 1.82) is 0 Å². The number of amides is 1. The van der Waals surface area contributed by atoms with Crippen molar-refractivity contribution in [3.8, 4) is 0 Å². The molecule has 3 aliphatic rings.